The Balaban J connectivity index is 2.91. The lowest BCUT2D eigenvalue weighted by Crippen LogP contribution is -2.42. The molecule has 0 spiro atoms. The summed E-state index contributed by atoms with van der Waals surface area (Å²) in [6.07, 6.45) is 0. The number of carboxylic acid groups (broad SMARTS) is 1. The van der Waals surface area contributed by atoms with E-state index < -0.39 is 18.0 Å². The first kappa shape index (κ1) is 15.3. The van der Waals surface area contributed by atoms with Gasteiger partial charge in [0, 0.05) is 13.1 Å². The number of urea groups is 1. The summed E-state index contributed by atoms with van der Waals surface area (Å²) in [6.45, 7) is 1.40. The maximum absolute atomic E-state index is 11.9. The number of ether oxygens (including phenoxy) is 1. The molecule has 7 nitrogen and oxygen atoms in total. The molecule has 106 valence electrons. The highest BCUT2D eigenvalue weighted by atomic mass is 16.5. The highest BCUT2D eigenvalue weighted by Crippen LogP contribution is 2.25. The Labute approximate surface area is 116 Å². The first-order valence-corrected chi connectivity index (χ1v) is 5.75. The maximum Gasteiger partial charge on any atom is 0.326 e. The first-order valence-electron chi connectivity index (χ1n) is 5.75. The van der Waals surface area contributed by atoms with Crippen molar-refractivity contribution in [1.82, 2.24) is 4.90 Å². The number of amides is 2. The van der Waals surface area contributed by atoms with Gasteiger partial charge in [0.25, 0.3) is 0 Å². The quantitative estimate of drug-likeness (QED) is 0.868. The van der Waals surface area contributed by atoms with Crippen LogP contribution in [0.2, 0.25) is 0 Å². The van der Waals surface area contributed by atoms with E-state index in [-0.39, 0.29) is 0 Å². The number of carbonyl (C=O) groups is 2. The number of carbonyl (C=O) groups excluding carboxylic acids is 1. The summed E-state index contributed by atoms with van der Waals surface area (Å²) < 4.78 is 5.08. The predicted molar refractivity (Wildman–Crippen MR) is 71.6 cm³/mol. The van der Waals surface area contributed by atoms with Gasteiger partial charge in [-0.1, -0.05) is 0 Å². The highest BCUT2D eigenvalue weighted by Gasteiger charge is 2.22. The number of methoxy groups -OCH3 is 1. The largest absolute Gasteiger partial charge is 0.495 e. The van der Waals surface area contributed by atoms with E-state index in [4.69, 9.17) is 15.1 Å². The van der Waals surface area contributed by atoms with Crippen LogP contribution in [0.15, 0.2) is 18.2 Å². The van der Waals surface area contributed by atoms with Crippen LogP contribution in [-0.2, 0) is 4.79 Å². The van der Waals surface area contributed by atoms with Crippen LogP contribution in [0.5, 0.6) is 5.75 Å². The SMILES string of the molecule is COc1cc(C#N)ccc1NC(=O)N(C)C(C)C(=O)O. The van der Waals surface area contributed by atoms with Crippen molar-refractivity contribution < 1.29 is 19.4 Å². The molecule has 2 amide bonds. The first-order chi connectivity index (χ1) is 9.40. The van der Waals surface area contributed by atoms with Gasteiger partial charge in [-0.25, -0.2) is 9.59 Å². The number of carboxylic acids is 1. The molecular formula is C13H15N3O4. The highest BCUT2D eigenvalue weighted by molar-refractivity contribution is 5.93. The van der Waals surface area contributed by atoms with E-state index in [1.807, 2.05) is 6.07 Å². The number of hydrogen-bond donors (Lipinski definition) is 2. The average Bonchev–Trinajstić information content (AvgIpc) is 2.45. The van der Waals surface area contributed by atoms with Crippen LogP contribution in [0.1, 0.15) is 12.5 Å². The number of anilines is 1. The van der Waals surface area contributed by atoms with E-state index in [1.54, 1.807) is 0 Å². The number of rotatable bonds is 4. The summed E-state index contributed by atoms with van der Waals surface area (Å²) in [7, 11) is 2.79. The molecule has 1 unspecified atom stereocenters. The summed E-state index contributed by atoms with van der Waals surface area (Å²) in [5, 5.41) is 20.2. The van der Waals surface area contributed by atoms with Crippen molar-refractivity contribution in [2.45, 2.75) is 13.0 Å². The molecule has 0 heterocycles. The summed E-state index contributed by atoms with van der Waals surface area (Å²) in [5.41, 5.74) is 0.757. The van der Waals surface area contributed by atoms with Crippen molar-refractivity contribution in [3.63, 3.8) is 0 Å². The predicted octanol–water partition coefficient (Wildman–Crippen LogP) is 1.50. The Morgan fingerprint density at radius 2 is 2.15 bits per heavy atom. The zero-order valence-corrected chi connectivity index (χ0v) is 11.4. The van der Waals surface area contributed by atoms with Crippen LogP contribution in [0.25, 0.3) is 0 Å². The standard InChI is InChI=1S/C13H15N3O4/c1-8(12(17)18)16(2)13(19)15-10-5-4-9(7-14)6-11(10)20-3/h4-6,8H,1-3H3,(H,15,19)(H,17,18). The molecule has 0 radical (unpaired) electrons. The Kier molecular flexibility index (Phi) is 4.92. The van der Waals surface area contributed by atoms with Crippen molar-refractivity contribution in [2.24, 2.45) is 0 Å². The van der Waals surface area contributed by atoms with E-state index in [0.29, 0.717) is 17.0 Å². The minimum atomic E-state index is -1.10. The van der Waals surface area contributed by atoms with E-state index >= 15 is 0 Å². The number of nitrogens with one attached hydrogen (secondary N) is 1. The lowest BCUT2D eigenvalue weighted by molar-refractivity contribution is -0.141. The minimum absolute atomic E-state index is 0.328. The van der Waals surface area contributed by atoms with Gasteiger partial charge in [-0.05, 0) is 19.1 Å². The lowest BCUT2D eigenvalue weighted by Gasteiger charge is -2.22. The number of nitriles is 1. The minimum Gasteiger partial charge on any atom is -0.495 e. The van der Waals surface area contributed by atoms with Gasteiger partial charge in [-0.2, -0.15) is 5.26 Å². The number of nitrogens with zero attached hydrogens (tertiary/aromatic N) is 2. The number of likely N-dealkylation sites (N-methyl/N-ethyl adjacent to an activating group) is 1. The van der Waals surface area contributed by atoms with Crippen LogP contribution < -0.4 is 10.1 Å². The van der Waals surface area contributed by atoms with Crippen molar-refractivity contribution in [3.8, 4) is 11.8 Å². The maximum atomic E-state index is 11.9. The van der Waals surface area contributed by atoms with Crippen molar-refractivity contribution in [3.05, 3.63) is 23.8 Å². The van der Waals surface area contributed by atoms with E-state index in [1.165, 1.54) is 39.3 Å². The van der Waals surface area contributed by atoms with Crippen LogP contribution in [-0.4, -0.2) is 42.2 Å². The molecule has 0 bridgehead atoms. The molecule has 1 aromatic rings. The molecule has 0 aliphatic heterocycles. The third-order valence-corrected chi connectivity index (χ3v) is 2.83. The van der Waals surface area contributed by atoms with Gasteiger partial charge in [0.1, 0.15) is 11.8 Å². The molecule has 2 N–H and O–H groups in total. The number of hydrogen-bond acceptors (Lipinski definition) is 4. The Morgan fingerprint density at radius 3 is 2.65 bits per heavy atom. The van der Waals surface area contributed by atoms with Gasteiger partial charge in [0.15, 0.2) is 0 Å². The van der Waals surface area contributed by atoms with Crippen LogP contribution in [0, 0.1) is 11.3 Å². The summed E-state index contributed by atoms with van der Waals surface area (Å²) in [6, 6.07) is 4.95. The molecule has 0 aliphatic rings. The average molecular weight is 277 g/mol. The molecular weight excluding hydrogens is 262 g/mol. The molecule has 0 fully saturated rings. The van der Waals surface area contributed by atoms with Gasteiger partial charge < -0.3 is 20.1 Å². The smallest absolute Gasteiger partial charge is 0.326 e. The Hall–Kier alpha value is -2.75. The monoisotopic (exact) mass is 277 g/mol. The fraction of sp³-hybridized carbons (Fsp3) is 0.308. The molecule has 1 atom stereocenters. The van der Waals surface area contributed by atoms with E-state index in [9.17, 15) is 9.59 Å². The second-order valence-electron chi connectivity index (χ2n) is 4.08. The van der Waals surface area contributed by atoms with Gasteiger partial charge in [0.05, 0.1) is 24.4 Å². The Morgan fingerprint density at radius 1 is 1.50 bits per heavy atom. The molecule has 0 aromatic heterocycles. The molecule has 7 heteroatoms. The zero-order chi connectivity index (χ0) is 15.3. The number of benzene rings is 1. The second kappa shape index (κ2) is 6.43. The molecule has 1 aromatic carbocycles. The van der Waals surface area contributed by atoms with Crippen LogP contribution >= 0.6 is 0 Å². The molecule has 0 aliphatic carbocycles. The fourth-order valence-corrected chi connectivity index (χ4v) is 1.41. The summed E-state index contributed by atoms with van der Waals surface area (Å²) in [5.74, 6) is -0.775. The van der Waals surface area contributed by atoms with Gasteiger partial charge in [-0.15, -0.1) is 0 Å². The van der Waals surface area contributed by atoms with Gasteiger partial charge in [-0.3, -0.25) is 0 Å². The van der Waals surface area contributed by atoms with Crippen molar-refractivity contribution in [1.29, 1.82) is 5.26 Å². The lowest BCUT2D eigenvalue weighted by atomic mass is 10.2. The second-order valence-corrected chi connectivity index (χ2v) is 4.08. The van der Waals surface area contributed by atoms with E-state index in [0.717, 1.165) is 4.90 Å². The summed E-state index contributed by atoms with van der Waals surface area (Å²) in [4.78, 5) is 23.8. The topological polar surface area (TPSA) is 103 Å². The number of aliphatic carboxylic acids is 1. The van der Waals surface area contributed by atoms with Crippen molar-refractivity contribution >= 4 is 17.7 Å². The molecule has 20 heavy (non-hydrogen) atoms. The van der Waals surface area contributed by atoms with Crippen LogP contribution in [0.3, 0.4) is 0 Å². The third-order valence-electron chi connectivity index (χ3n) is 2.83. The molecule has 0 saturated heterocycles. The summed E-state index contributed by atoms with van der Waals surface area (Å²) >= 11 is 0. The third kappa shape index (κ3) is 3.38. The Bertz CT molecular complexity index is 565. The van der Waals surface area contributed by atoms with E-state index in [2.05, 4.69) is 5.32 Å². The van der Waals surface area contributed by atoms with Crippen LogP contribution in [0.4, 0.5) is 10.5 Å². The van der Waals surface area contributed by atoms with Crippen molar-refractivity contribution in [2.75, 3.05) is 19.5 Å². The van der Waals surface area contributed by atoms with Gasteiger partial charge >= 0.3 is 12.0 Å². The molecule has 0 saturated carbocycles. The zero-order valence-electron chi connectivity index (χ0n) is 11.4. The fourth-order valence-electron chi connectivity index (χ4n) is 1.41. The van der Waals surface area contributed by atoms with Gasteiger partial charge in [0.2, 0.25) is 0 Å². The normalized spacial score (nSPS) is 11.1. The molecule has 1 rings (SSSR count).